The SMILES string of the molecule is CCc1nc(C2CCOc3ccccc32)nc(NC)c1Br. The van der Waals surface area contributed by atoms with Crippen molar-refractivity contribution >= 4 is 21.7 Å². The van der Waals surface area contributed by atoms with Crippen molar-refractivity contribution in [3.8, 4) is 5.75 Å². The molecule has 0 bridgehead atoms. The van der Waals surface area contributed by atoms with Crippen molar-refractivity contribution in [3.63, 3.8) is 0 Å². The Bertz CT molecular complexity index is 635. The van der Waals surface area contributed by atoms with E-state index in [0.717, 1.165) is 40.4 Å². The zero-order chi connectivity index (χ0) is 14.8. The molecule has 0 aliphatic carbocycles. The van der Waals surface area contributed by atoms with Crippen LogP contribution in [0.1, 0.15) is 36.3 Å². The summed E-state index contributed by atoms with van der Waals surface area (Å²) < 4.78 is 6.69. The van der Waals surface area contributed by atoms with Crippen LogP contribution in [0.15, 0.2) is 28.7 Å². The van der Waals surface area contributed by atoms with Crippen molar-refractivity contribution < 1.29 is 4.74 Å². The zero-order valence-electron chi connectivity index (χ0n) is 12.2. The summed E-state index contributed by atoms with van der Waals surface area (Å²) in [6.07, 6.45) is 1.78. The lowest BCUT2D eigenvalue weighted by Crippen LogP contribution is -2.18. The van der Waals surface area contributed by atoms with Crippen molar-refractivity contribution in [1.29, 1.82) is 0 Å². The number of para-hydroxylation sites is 1. The van der Waals surface area contributed by atoms with Gasteiger partial charge in [0.15, 0.2) is 0 Å². The number of fused-ring (bicyclic) bond motifs is 1. The lowest BCUT2D eigenvalue weighted by molar-refractivity contribution is 0.274. The summed E-state index contributed by atoms with van der Waals surface area (Å²) in [5.41, 5.74) is 2.21. The Morgan fingerprint density at radius 2 is 2.14 bits per heavy atom. The van der Waals surface area contributed by atoms with E-state index >= 15 is 0 Å². The molecule has 0 saturated heterocycles. The van der Waals surface area contributed by atoms with Crippen LogP contribution in [-0.2, 0) is 6.42 Å². The van der Waals surface area contributed by atoms with E-state index in [1.165, 1.54) is 5.56 Å². The minimum atomic E-state index is 0.195. The van der Waals surface area contributed by atoms with Gasteiger partial charge >= 0.3 is 0 Å². The van der Waals surface area contributed by atoms with Crippen LogP contribution in [0.5, 0.6) is 5.75 Å². The number of nitrogens with zero attached hydrogens (tertiary/aromatic N) is 2. The molecule has 0 amide bonds. The van der Waals surface area contributed by atoms with Crippen LogP contribution < -0.4 is 10.1 Å². The molecule has 4 nitrogen and oxygen atoms in total. The highest BCUT2D eigenvalue weighted by Gasteiger charge is 2.26. The van der Waals surface area contributed by atoms with Gasteiger partial charge in [-0.25, -0.2) is 9.97 Å². The average Bonchev–Trinajstić information content (AvgIpc) is 2.54. The van der Waals surface area contributed by atoms with Crippen molar-refractivity contribution in [2.75, 3.05) is 19.0 Å². The predicted octanol–water partition coefficient (Wildman–Crippen LogP) is 3.76. The van der Waals surface area contributed by atoms with Crippen LogP contribution >= 0.6 is 15.9 Å². The van der Waals surface area contributed by atoms with Crippen LogP contribution in [0.25, 0.3) is 0 Å². The first-order valence-electron chi connectivity index (χ1n) is 7.20. The van der Waals surface area contributed by atoms with Gasteiger partial charge in [-0.2, -0.15) is 0 Å². The number of aromatic nitrogens is 2. The maximum atomic E-state index is 5.73. The van der Waals surface area contributed by atoms with E-state index in [1.54, 1.807) is 0 Å². The van der Waals surface area contributed by atoms with Gasteiger partial charge in [0.05, 0.1) is 22.7 Å². The molecule has 1 N–H and O–H groups in total. The smallest absolute Gasteiger partial charge is 0.144 e. The van der Waals surface area contributed by atoms with Gasteiger partial charge in [-0.05, 0) is 34.8 Å². The lowest BCUT2D eigenvalue weighted by Gasteiger charge is -2.25. The summed E-state index contributed by atoms with van der Waals surface area (Å²) >= 11 is 3.58. The third kappa shape index (κ3) is 2.62. The standard InChI is InChI=1S/C16H18BrN3O/c1-3-12-14(17)16(18-2)20-15(19-12)11-8-9-21-13-7-5-4-6-10(11)13/h4-7,11H,3,8-9H2,1-2H3,(H,18,19,20). The molecule has 0 saturated carbocycles. The summed E-state index contributed by atoms with van der Waals surface area (Å²) in [4.78, 5) is 9.47. The molecule has 1 aliphatic heterocycles. The highest BCUT2D eigenvalue weighted by Crippen LogP contribution is 2.37. The Morgan fingerprint density at radius 3 is 2.90 bits per heavy atom. The Labute approximate surface area is 133 Å². The highest BCUT2D eigenvalue weighted by molar-refractivity contribution is 9.10. The van der Waals surface area contributed by atoms with Gasteiger partial charge in [0.2, 0.25) is 0 Å². The molecule has 0 fully saturated rings. The van der Waals surface area contributed by atoms with E-state index in [4.69, 9.17) is 14.7 Å². The van der Waals surface area contributed by atoms with E-state index < -0.39 is 0 Å². The third-order valence-corrected chi connectivity index (χ3v) is 4.61. The van der Waals surface area contributed by atoms with Crippen LogP contribution in [-0.4, -0.2) is 23.6 Å². The maximum absolute atomic E-state index is 5.73. The number of hydrogen-bond donors (Lipinski definition) is 1. The minimum Gasteiger partial charge on any atom is -0.493 e. The first kappa shape index (κ1) is 14.3. The van der Waals surface area contributed by atoms with Gasteiger partial charge in [0, 0.05) is 12.6 Å². The van der Waals surface area contributed by atoms with Gasteiger partial charge < -0.3 is 10.1 Å². The summed E-state index contributed by atoms with van der Waals surface area (Å²) in [5.74, 6) is 2.86. The molecule has 1 aliphatic rings. The molecule has 21 heavy (non-hydrogen) atoms. The summed E-state index contributed by atoms with van der Waals surface area (Å²) in [6, 6.07) is 8.16. The molecule has 3 rings (SSSR count). The molecule has 2 aromatic rings. The molecule has 0 radical (unpaired) electrons. The Balaban J connectivity index is 2.09. The van der Waals surface area contributed by atoms with Crippen LogP contribution in [0.2, 0.25) is 0 Å². The largest absolute Gasteiger partial charge is 0.493 e. The molecule has 1 aromatic carbocycles. The van der Waals surface area contributed by atoms with Gasteiger partial charge in [-0.1, -0.05) is 25.1 Å². The number of benzene rings is 1. The van der Waals surface area contributed by atoms with Crippen molar-refractivity contribution in [1.82, 2.24) is 9.97 Å². The van der Waals surface area contributed by atoms with Gasteiger partial charge in [-0.3, -0.25) is 0 Å². The summed E-state index contributed by atoms with van der Waals surface area (Å²) in [6.45, 7) is 2.81. The topological polar surface area (TPSA) is 47.0 Å². The Kier molecular flexibility index (Phi) is 4.10. The number of hydrogen-bond acceptors (Lipinski definition) is 4. The Morgan fingerprint density at radius 1 is 1.33 bits per heavy atom. The molecule has 0 spiro atoms. The second-order valence-corrected chi connectivity index (χ2v) is 5.82. The molecular weight excluding hydrogens is 330 g/mol. The number of nitrogens with one attached hydrogen (secondary N) is 1. The van der Waals surface area contributed by atoms with Gasteiger partial charge in [-0.15, -0.1) is 0 Å². The summed E-state index contributed by atoms with van der Waals surface area (Å²) in [7, 11) is 1.88. The molecule has 5 heteroatoms. The fourth-order valence-corrected chi connectivity index (χ4v) is 3.33. The van der Waals surface area contributed by atoms with Crippen molar-refractivity contribution in [2.24, 2.45) is 0 Å². The molecular formula is C16H18BrN3O. The molecule has 1 atom stereocenters. The second kappa shape index (κ2) is 6.02. The van der Waals surface area contributed by atoms with Crippen LogP contribution in [0.3, 0.4) is 0 Å². The first-order valence-corrected chi connectivity index (χ1v) is 7.99. The third-order valence-electron chi connectivity index (χ3n) is 3.78. The molecule has 1 aromatic heterocycles. The maximum Gasteiger partial charge on any atom is 0.144 e. The van der Waals surface area contributed by atoms with Gasteiger partial charge in [0.25, 0.3) is 0 Å². The number of rotatable bonds is 3. The minimum absolute atomic E-state index is 0.195. The highest BCUT2D eigenvalue weighted by atomic mass is 79.9. The molecule has 2 heterocycles. The molecule has 1 unspecified atom stereocenters. The van der Waals surface area contributed by atoms with Crippen molar-refractivity contribution in [3.05, 3.63) is 45.8 Å². The van der Waals surface area contributed by atoms with Crippen molar-refractivity contribution in [2.45, 2.75) is 25.7 Å². The van der Waals surface area contributed by atoms with E-state index in [0.29, 0.717) is 6.61 Å². The fourth-order valence-electron chi connectivity index (χ4n) is 2.68. The fraction of sp³-hybridized carbons (Fsp3) is 0.375. The number of aryl methyl sites for hydroxylation is 1. The predicted molar refractivity (Wildman–Crippen MR) is 87.1 cm³/mol. The van der Waals surface area contributed by atoms with E-state index in [1.807, 2.05) is 25.2 Å². The van der Waals surface area contributed by atoms with E-state index in [-0.39, 0.29) is 5.92 Å². The average molecular weight is 348 g/mol. The Hall–Kier alpha value is -1.62. The van der Waals surface area contributed by atoms with Gasteiger partial charge in [0.1, 0.15) is 17.4 Å². The quantitative estimate of drug-likeness (QED) is 0.918. The number of anilines is 1. The normalized spacial score (nSPS) is 17.0. The van der Waals surface area contributed by atoms with E-state index in [9.17, 15) is 0 Å². The molecule has 110 valence electrons. The lowest BCUT2D eigenvalue weighted by atomic mass is 9.92. The van der Waals surface area contributed by atoms with Crippen LogP contribution in [0.4, 0.5) is 5.82 Å². The van der Waals surface area contributed by atoms with Crippen LogP contribution in [0, 0.1) is 0 Å². The number of halogens is 1. The zero-order valence-corrected chi connectivity index (χ0v) is 13.8. The monoisotopic (exact) mass is 347 g/mol. The summed E-state index contributed by atoms with van der Waals surface area (Å²) in [5, 5.41) is 3.14. The number of ether oxygens (including phenoxy) is 1. The van der Waals surface area contributed by atoms with E-state index in [2.05, 4.69) is 34.2 Å². The second-order valence-electron chi connectivity index (χ2n) is 5.02. The first-order chi connectivity index (χ1) is 10.2.